The van der Waals surface area contributed by atoms with Crippen LogP contribution in [0.3, 0.4) is 0 Å². The summed E-state index contributed by atoms with van der Waals surface area (Å²) in [6, 6.07) is 6.93. The molecule has 2 aromatic heterocycles. The molecule has 0 fully saturated rings. The normalized spacial score (nSPS) is 10.2. The predicted molar refractivity (Wildman–Crippen MR) is 46.6 cm³/mol. The number of rotatable bonds is 2. The molecule has 4 nitrogen and oxygen atoms in total. The highest BCUT2D eigenvalue weighted by Gasteiger charge is 2.08. The molecule has 0 radical (unpaired) electrons. The second-order valence-corrected chi connectivity index (χ2v) is 2.61. The van der Waals surface area contributed by atoms with Crippen LogP contribution in [0.15, 0.2) is 42.9 Å². The maximum Gasteiger partial charge on any atom is 0.354 e. The van der Waals surface area contributed by atoms with Crippen LogP contribution in [-0.4, -0.2) is 20.4 Å². The Morgan fingerprint density at radius 2 is 1.85 bits per heavy atom. The minimum Gasteiger partial charge on any atom is -0.477 e. The molecule has 1 N–H and O–H groups in total. The van der Waals surface area contributed by atoms with Gasteiger partial charge in [-0.3, -0.25) is 9.35 Å². The van der Waals surface area contributed by atoms with Gasteiger partial charge in [-0.15, -0.1) is 0 Å². The first kappa shape index (κ1) is 7.67. The number of hydrogen-bond acceptors (Lipinski definition) is 1. The zero-order valence-electron chi connectivity index (χ0n) is 6.79. The fraction of sp³-hybridized carbons (Fsp3) is 0. The second kappa shape index (κ2) is 2.82. The van der Waals surface area contributed by atoms with Gasteiger partial charge in [-0.2, -0.15) is 0 Å². The fourth-order valence-electron chi connectivity index (χ4n) is 1.21. The molecular formula is C9H8N2O2. The quantitative estimate of drug-likeness (QED) is 0.749. The average Bonchev–Trinajstić information content (AvgIpc) is 2.74. The molecule has 0 bridgehead atoms. The summed E-state index contributed by atoms with van der Waals surface area (Å²) in [5.74, 6) is -0.932. The van der Waals surface area contributed by atoms with Crippen LogP contribution >= 0.6 is 0 Å². The minimum atomic E-state index is -0.932. The molecule has 66 valence electrons. The average molecular weight is 176 g/mol. The molecule has 2 aromatic rings. The molecular weight excluding hydrogens is 168 g/mol. The van der Waals surface area contributed by atoms with E-state index < -0.39 is 5.97 Å². The predicted octanol–water partition coefficient (Wildman–Crippen LogP) is 1.30. The summed E-state index contributed by atoms with van der Waals surface area (Å²) < 4.78 is 3.26. The van der Waals surface area contributed by atoms with Crippen molar-refractivity contribution in [1.29, 1.82) is 0 Å². The summed E-state index contributed by atoms with van der Waals surface area (Å²) in [7, 11) is 0. The lowest BCUT2D eigenvalue weighted by atomic mass is 10.4. The Morgan fingerprint density at radius 1 is 1.15 bits per heavy atom. The van der Waals surface area contributed by atoms with Crippen molar-refractivity contribution < 1.29 is 9.90 Å². The van der Waals surface area contributed by atoms with Gasteiger partial charge in [0.2, 0.25) is 0 Å². The zero-order valence-corrected chi connectivity index (χ0v) is 6.79. The van der Waals surface area contributed by atoms with Crippen molar-refractivity contribution in [2.24, 2.45) is 0 Å². The Balaban J connectivity index is 2.52. The summed E-state index contributed by atoms with van der Waals surface area (Å²) in [5.41, 5.74) is 0.246. The van der Waals surface area contributed by atoms with E-state index in [1.807, 2.05) is 12.1 Å². The van der Waals surface area contributed by atoms with Gasteiger partial charge in [0.25, 0.3) is 0 Å². The lowest BCUT2D eigenvalue weighted by Gasteiger charge is -2.06. The monoisotopic (exact) mass is 176 g/mol. The number of carboxylic acids is 1. The standard InChI is InChI=1S/C9H8N2O2/c12-9(13)8-4-3-7-11(8)10-5-1-2-6-10/h1-7H,(H,12,13). The van der Waals surface area contributed by atoms with Crippen LogP contribution in [-0.2, 0) is 0 Å². The third kappa shape index (κ3) is 1.22. The number of nitrogens with zero attached hydrogens (tertiary/aromatic N) is 2. The van der Waals surface area contributed by atoms with Gasteiger partial charge in [0.05, 0.1) is 0 Å². The number of carboxylic acid groups (broad SMARTS) is 1. The molecule has 2 rings (SSSR count). The Labute approximate surface area is 74.6 Å². The molecule has 0 aliphatic carbocycles. The first-order chi connectivity index (χ1) is 6.29. The Morgan fingerprint density at radius 3 is 2.46 bits per heavy atom. The van der Waals surface area contributed by atoms with Gasteiger partial charge in [0, 0.05) is 18.6 Å². The molecule has 0 atom stereocenters. The molecule has 2 heterocycles. The van der Waals surface area contributed by atoms with Gasteiger partial charge in [-0.1, -0.05) is 0 Å². The molecule has 0 saturated carbocycles. The van der Waals surface area contributed by atoms with Gasteiger partial charge in [0.15, 0.2) is 0 Å². The fourth-order valence-corrected chi connectivity index (χ4v) is 1.21. The van der Waals surface area contributed by atoms with E-state index in [0.717, 1.165) is 0 Å². The van der Waals surface area contributed by atoms with Gasteiger partial charge >= 0.3 is 5.97 Å². The molecule has 0 unspecified atom stereocenters. The van der Waals surface area contributed by atoms with E-state index >= 15 is 0 Å². The Hall–Kier alpha value is -1.97. The molecule has 0 spiro atoms. The highest BCUT2D eigenvalue weighted by Crippen LogP contribution is 2.03. The van der Waals surface area contributed by atoms with Gasteiger partial charge in [0.1, 0.15) is 5.69 Å². The van der Waals surface area contributed by atoms with Crippen molar-refractivity contribution in [1.82, 2.24) is 9.35 Å². The van der Waals surface area contributed by atoms with Crippen LogP contribution in [0.5, 0.6) is 0 Å². The highest BCUT2D eigenvalue weighted by molar-refractivity contribution is 5.85. The van der Waals surface area contributed by atoms with Crippen molar-refractivity contribution >= 4 is 5.97 Å². The van der Waals surface area contributed by atoms with E-state index in [1.54, 1.807) is 40.1 Å². The summed E-state index contributed by atoms with van der Waals surface area (Å²) in [4.78, 5) is 10.7. The molecule has 0 saturated heterocycles. The molecule has 0 aliphatic rings. The van der Waals surface area contributed by atoms with Crippen LogP contribution in [0.2, 0.25) is 0 Å². The van der Waals surface area contributed by atoms with Crippen LogP contribution in [0.4, 0.5) is 0 Å². The van der Waals surface area contributed by atoms with Crippen LogP contribution in [0, 0.1) is 0 Å². The molecule has 0 aromatic carbocycles. The largest absolute Gasteiger partial charge is 0.477 e. The van der Waals surface area contributed by atoms with Crippen LogP contribution in [0.25, 0.3) is 0 Å². The van der Waals surface area contributed by atoms with Crippen molar-refractivity contribution in [3.8, 4) is 0 Å². The number of aromatic carboxylic acids is 1. The van der Waals surface area contributed by atoms with E-state index in [1.165, 1.54) is 0 Å². The maximum absolute atomic E-state index is 10.7. The zero-order chi connectivity index (χ0) is 9.26. The summed E-state index contributed by atoms with van der Waals surface area (Å²) in [5, 5.41) is 8.82. The molecule has 0 amide bonds. The highest BCUT2D eigenvalue weighted by atomic mass is 16.4. The third-order valence-corrected chi connectivity index (χ3v) is 1.78. The number of hydrogen-bond donors (Lipinski definition) is 1. The maximum atomic E-state index is 10.7. The van der Waals surface area contributed by atoms with Gasteiger partial charge < -0.3 is 5.11 Å². The van der Waals surface area contributed by atoms with E-state index in [-0.39, 0.29) is 5.69 Å². The van der Waals surface area contributed by atoms with Gasteiger partial charge in [-0.25, -0.2) is 4.79 Å². The summed E-state index contributed by atoms with van der Waals surface area (Å²) >= 11 is 0. The summed E-state index contributed by atoms with van der Waals surface area (Å²) in [6.45, 7) is 0. The lowest BCUT2D eigenvalue weighted by Crippen LogP contribution is -2.12. The molecule has 0 aliphatic heterocycles. The first-order valence-corrected chi connectivity index (χ1v) is 3.83. The second-order valence-electron chi connectivity index (χ2n) is 2.61. The molecule has 13 heavy (non-hydrogen) atoms. The topological polar surface area (TPSA) is 47.2 Å². The first-order valence-electron chi connectivity index (χ1n) is 3.83. The van der Waals surface area contributed by atoms with Crippen LogP contribution < -0.4 is 0 Å². The Kier molecular flexibility index (Phi) is 1.66. The van der Waals surface area contributed by atoms with E-state index in [2.05, 4.69) is 0 Å². The smallest absolute Gasteiger partial charge is 0.354 e. The van der Waals surface area contributed by atoms with E-state index in [4.69, 9.17) is 5.11 Å². The van der Waals surface area contributed by atoms with Crippen molar-refractivity contribution in [2.45, 2.75) is 0 Å². The molecule has 4 heteroatoms. The SMILES string of the molecule is O=C(O)c1cccn1-n1cccc1. The van der Waals surface area contributed by atoms with Gasteiger partial charge in [-0.05, 0) is 24.3 Å². The van der Waals surface area contributed by atoms with E-state index in [9.17, 15) is 4.79 Å². The van der Waals surface area contributed by atoms with Crippen LogP contribution in [0.1, 0.15) is 10.5 Å². The van der Waals surface area contributed by atoms with E-state index in [0.29, 0.717) is 0 Å². The van der Waals surface area contributed by atoms with Crippen molar-refractivity contribution in [3.05, 3.63) is 48.5 Å². The van der Waals surface area contributed by atoms with Crippen molar-refractivity contribution in [3.63, 3.8) is 0 Å². The minimum absolute atomic E-state index is 0.246. The lowest BCUT2D eigenvalue weighted by molar-refractivity contribution is 0.0683. The summed E-state index contributed by atoms with van der Waals surface area (Å²) in [6.07, 6.45) is 5.27. The number of aromatic nitrogens is 2. The Bertz CT molecular complexity index is 415. The number of carbonyl (C=O) groups is 1. The third-order valence-electron chi connectivity index (χ3n) is 1.78. The van der Waals surface area contributed by atoms with Crippen molar-refractivity contribution in [2.75, 3.05) is 0 Å².